The summed E-state index contributed by atoms with van der Waals surface area (Å²) in [5.74, 6) is -0.761. The van der Waals surface area contributed by atoms with Gasteiger partial charge < -0.3 is 27.2 Å². The van der Waals surface area contributed by atoms with Crippen LogP contribution in [0, 0.1) is 6.92 Å². The Balaban J connectivity index is 0.00000300. The molecule has 6 nitrogen and oxygen atoms in total. The Bertz CT molecular complexity index is 1040. The van der Waals surface area contributed by atoms with E-state index in [-0.39, 0.29) is 18.4 Å². The first-order valence-electron chi connectivity index (χ1n) is 9.05. The van der Waals surface area contributed by atoms with Gasteiger partial charge >= 0.3 is 11.9 Å². The van der Waals surface area contributed by atoms with Gasteiger partial charge in [0.05, 0.1) is 30.4 Å². The molecule has 2 aromatic carbocycles. The van der Waals surface area contributed by atoms with E-state index in [9.17, 15) is 9.59 Å². The molecule has 0 unspecified atom stereocenters. The summed E-state index contributed by atoms with van der Waals surface area (Å²) in [7, 11) is 1.35. The van der Waals surface area contributed by atoms with Crippen molar-refractivity contribution in [3.63, 3.8) is 0 Å². The van der Waals surface area contributed by atoms with Gasteiger partial charge in [0.15, 0.2) is 0 Å². The van der Waals surface area contributed by atoms with E-state index in [1.165, 1.54) is 7.11 Å². The highest BCUT2D eigenvalue weighted by Gasteiger charge is 2.12. The van der Waals surface area contributed by atoms with Crippen molar-refractivity contribution in [2.75, 3.05) is 19.0 Å². The average Bonchev–Trinajstić information content (AvgIpc) is 2.71. The van der Waals surface area contributed by atoms with Crippen molar-refractivity contribution in [3.05, 3.63) is 65.4 Å². The lowest BCUT2D eigenvalue weighted by atomic mass is 10.1. The number of rotatable bonds is 6. The Morgan fingerprint density at radius 1 is 1.03 bits per heavy atom. The maximum atomic E-state index is 12.1. The van der Waals surface area contributed by atoms with Crippen molar-refractivity contribution in [2.24, 2.45) is 0 Å². The van der Waals surface area contributed by atoms with Gasteiger partial charge in [-0.1, -0.05) is 13.0 Å². The summed E-state index contributed by atoms with van der Waals surface area (Å²) in [6, 6.07) is 14.2. The minimum atomic E-state index is -0.408. The summed E-state index contributed by atoms with van der Waals surface area (Å²) < 4.78 is 10.0. The second kappa shape index (κ2) is 9.89. The molecule has 7 heteroatoms. The van der Waals surface area contributed by atoms with E-state index in [0.29, 0.717) is 17.7 Å². The number of nitrogens with zero attached hydrogens (tertiary/aromatic N) is 1. The van der Waals surface area contributed by atoms with Gasteiger partial charge in [-0.25, -0.2) is 9.59 Å². The van der Waals surface area contributed by atoms with Crippen LogP contribution in [0.3, 0.4) is 0 Å². The van der Waals surface area contributed by atoms with Crippen molar-refractivity contribution in [2.45, 2.75) is 20.3 Å². The van der Waals surface area contributed by atoms with Gasteiger partial charge in [-0.2, -0.15) is 0 Å². The number of fused-ring (bicyclic) bond motifs is 1. The molecule has 3 rings (SSSR count). The fraction of sp³-hybridized carbons (Fsp3) is 0.227. The lowest BCUT2D eigenvalue weighted by Crippen LogP contribution is -3.00. The third-order valence-electron chi connectivity index (χ3n) is 4.17. The van der Waals surface area contributed by atoms with Crippen LogP contribution >= 0.6 is 0 Å². The van der Waals surface area contributed by atoms with Crippen LogP contribution in [0.15, 0.2) is 48.5 Å². The summed E-state index contributed by atoms with van der Waals surface area (Å²) in [6.45, 7) is 4.24. The fourth-order valence-electron chi connectivity index (χ4n) is 2.86. The lowest BCUT2D eigenvalue weighted by Gasteiger charge is -2.13. The van der Waals surface area contributed by atoms with Gasteiger partial charge in [-0.05, 0) is 55.8 Å². The number of esters is 2. The van der Waals surface area contributed by atoms with Gasteiger partial charge in [0.25, 0.3) is 0 Å². The second-order valence-electron chi connectivity index (χ2n) is 6.38. The number of hydrogen-bond acceptors (Lipinski definition) is 6. The van der Waals surface area contributed by atoms with Gasteiger partial charge in [-0.15, -0.1) is 0 Å². The highest BCUT2D eigenvalue weighted by Crippen LogP contribution is 2.28. The summed E-state index contributed by atoms with van der Waals surface area (Å²) in [6.07, 6.45) is 0.772. The SMILES string of the molecule is CCCOC(=O)c1cccc(Nc2cc(C)nc3ccc(C(=O)OC)cc23)c1.[Cl-]. The number of aromatic nitrogens is 1. The molecule has 1 N–H and O–H groups in total. The van der Waals surface area contributed by atoms with Gasteiger partial charge in [0.2, 0.25) is 0 Å². The maximum absolute atomic E-state index is 12.1. The number of methoxy groups -OCH3 is 1. The topological polar surface area (TPSA) is 77.5 Å². The molecule has 0 fully saturated rings. The molecule has 0 aliphatic rings. The summed E-state index contributed by atoms with van der Waals surface area (Å²) in [5.41, 5.74) is 4.03. The number of hydrogen-bond donors (Lipinski definition) is 1. The average molecular weight is 414 g/mol. The number of carbonyl (C=O) groups excluding carboxylic acids is 2. The third kappa shape index (κ3) is 5.23. The fourth-order valence-corrected chi connectivity index (χ4v) is 2.86. The number of carbonyl (C=O) groups is 2. The van der Waals surface area contributed by atoms with E-state index in [1.54, 1.807) is 36.4 Å². The zero-order valence-corrected chi connectivity index (χ0v) is 17.2. The van der Waals surface area contributed by atoms with E-state index >= 15 is 0 Å². The molecule has 0 atom stereocenters. The van der Waals surface area contributed by atoms with Gasteiger partial charge in [0, 0.05) is 22.5 Å². The first-order chi connectivity index (χ1) is 13.5. The molecular weight excluding hydrogens is 392 g/mol. The van der Waals surface area contributed by atoms with E-state index in [0.717, 1.165) is 34.4 Å². The zero-order chi connectivity index (χ0) is 20.1. The molecule has 0 saturated heterocycles. The highest BCUT2D eigenvalue weighted by atomic mass is 35.5. The molecule has 3 aromatic rings. The minimum absolute atomic E-state index is 0. The normalized spacial score (nSPS) is 10.2. The Morgan fingerprint density at radius 3 is 2.52 bits per heavy atom. The number of halogens is 1. The molecule has 0 aliphatic carbocycles. The molecule has 0 radical (unpaired) electrons. The highest BCUT2D eigenvalue weighted by molar-refractivity contribution is 6.00. The third-order valence-corrected chi connectivity index (χ3v) is 4.17. The quantitative estimate of drug-likeness (QED) is 0.619. The van der Waals surface area contributed by atoms with Crippen molar-refractivity contribution in [1.82, 2.24) is 4.98 Å². The summed E-state index contributed by atoms with van der Waals surface area (Å²) in [4.78, 5) is 28.5. The van der Waals surface area contributed by atoms with Crippen LogP contribution in [0.25, 0.3) is 10.9 Å². The largest absolute Gasteiger partial charge is 1.00 e. The number of ether oxygens (including phenoxy) is 2. The van der Waals surface area contributed by atoms with Crippen LogP contribution in [0.4, 0.5) is 11.4 Å². The van der Waals surface area contributed by atoms with Crippen LogP contribution in [0.2, 0.25) is 0 Å². The molecule has 0 saturated carbocycles. The number of aryl methyl sites for hydroxylation is 1. The van der Waals surface area contributed by atoms with Crippen LogP contribution in [-0.4, -0.2) is 30.6 Å². The maximum Gasteiger partial charge on any atom is 0.338 e. The van der Waals surface area contributed by atoms with Crippen LogP contribution in [-0.2, 0) is 9.47 Å². The van der Waals surface area contributed by atoms with Crippen molar-refractivity contribution < 1.29 is 31.5 Å². The predicted molar refractivity (Wildman–Crippen MR) is 108 cm³/mol. The monoisotopic (exact) mass is 413 g/mol. The second-order valence-corrected chi connectivity index (χ2v) is 6.38. The molecular formula is C22H22ClN2O4-. The molecule has 0 aliphatic heterocycles. The smallest absolute Gasteiger partial charge is 0.338 e. The minimum Gasteiger partial charge on any atom is -1.00 e. The Kier molecular flexibility index (Phi) is 7.56. The van der Waals surface area contributed by atoms with Crippen LogP contribution in [0.5, 0.6) is 0 Å². The molecule has 152 valence electrons. The van der Waals surface area contributed by atoms with Crippen LogP contribution in [0.1, 0.15) is 39.8 Å². The Labute approximate surface area is 175 Å². The number of anilines is 2. The van der Waals surface area contributed by atoms with Crippen molar-refractivity contribution in [1.29, 1.82) is 0 Å². The van der Waals surface area contributed by atoms with E-state index in [2.05, 4.69) is 10.3 Å². The molecule has 29 heavy (non-hydrogen) atoms. The number of nitrogens with one attached hydrogen (secondary N) is 1. The summed E-state index contributed by atoms with van der Waals surface area (Å²) >= 11 is 0. The van der Waals surface area contributed by atoms with E-state index in [4.69, 9.17) is 9.47 Å². The van der Waals surface area contributed by atoms with E-state index in [1.807, 2.05) is 26.0 Å². The Morgan fingerprint density at radius 2 is 1.79 bits per heavy atom. The Hall–Kier alpha value is -3.12. The first-order valence-corrected chi connectivity index (χ1v) is 9.05. The first kappa shape index (κ1) is 22.2. The molecule has 0 spiro atoms. The molecule has 0 amide bonds. The molecule has 1 aromatic heterocycles. The standard InChI is InChI=1S/C22H22N2O4.ClH/c1-4-10-28-22(26)15-6-5-7-17(12-15)24-20-11-14(2)23-19-9-8-16(13-18(19)20)21(25)27-3;/h5-9,11-13H,4,10H2,1-3H3,(H,23,24);1H/p-1. The molecule has 1 heterocycles. The summed E-state index contributed by atoms with van der Waals surface area (Å²) in [5, 5.41) is 4.11. The van der Waals surface area contributed by atoms with Crippen molar-refractivity contribution in [3.8, 4) is 0 Å². The number of pyridine rings is 1. The van der Waals surface area contributed by atoms with Gasteiger partial charge in [-0.3, -0.25) is 4.98 Å². The van der Waals surface area contributed by atoms with E-state index < -0.39 is 5.97 Å². The van der Waals surface area contributed by atoms with Crippen LogP contribution < -0.4 is 17.7 Å². The zero-order valence-electron chi connectivity index (χ0n) is 16.5. The molecule has 0 bridgehead atoms. The van der Waals surface area contributed by atoms with Gasteiger partial charge in [0.1, 0.15) is 0 Å². The number of benzene rings is 2. The predicted octanol–water partition coefficient (Wildman–Crippen LogP) is 1.64. The lowest BCUT2D eigenvalue weighted by molar-refractivity contribution is -0.0000376. The van der Waals surface area contributed by atoms with Crippen molar-refractivity contribution >= 4 is 34.2 Å².